The molecule has 0 saturated heterocycles. The first-order chi connectivity index (χ1) is 9.16. The van der Waals surface area contributed by atoms with E-state index in [1.165, 1.54) is 16.7 Å². The molecule has 1 N–H and O–H groups in total. The standard InChI is InChI=1S/C14H7FN2O2/c15-7-3-4-9-8(6-7)13(18)11-12(16-9)10-2-1-5-17(10)14(11)19/h1-6H,(H,16,18). The number of H-pyrrole nitrogens is 1. The predicted octanol–water partition coefficient (Wildman–Crippen LogP) is 2.14. The molecule has 4 rings (SSSR count). The van der Waals surface area contributed by atoms with Crippen LogP contribution in [0.1, 0.15) is 10.4 Å². The second kappa shape index (κ2) is 3.20. The summed E-state index contributed by atoms with van der Waals surface area (Å²) in [5, 5.41) is 0.192. The van der Waals surface area contributed by atoms with Crippen LogP contribution in [0.2, 0.25) is 0 Å². The Morgan fingerprint density at radius 1 is 1.16 bits per heavy atom. The third-order valence-electron chi connectivity index (χ3n) is 3.40. The summed E-state index contributed by atoms with van der Waals surface area (Å²) in [5.74, 6) is -0.870. The van der Waals surface area contributed by atoms with Gasteiger partial charge in [-0.05, 0) is 30.3 Å². The molecule has 1 aliphatic rings. The molecule has 0 radical (unpaired) electrons. The van der Waals surface area contributed by atoms with E-state index in [1.807, 2.05) is 0 Å². The van der Waals surface area contributed by atoms with Crippen LogP contribution in [0.15, 0.2) is 41.3 Å². The van der Waals surface area contributed by atoms with Crippen molar-refractivity contribution in [2.24, 2.45) is 0 Å². The quantitative estimate of drug-likeness (QED) is 0.522. The van der Waals surface area contributed by atoms with Gasteiger partial charge in [0.2, 0.25) is 5.43 Å². The number of halogens is 1. The zero-order valence-corrected chi connectivity index (χ0v) is 9.61. The first-order valence-electron chi connectivity index (χ1n) is 5.75. The van der Waals surface area contributed by atoms with Crippen LogP contribution < -0.4 is 5.43 Å². The van der Waals surface area contributed by atoms with Gasteiger partial charge in [0.15, 0.2) is 0 Å². The zero-order chi connectivity index (χ0) is 13.1. The SMILES string of the molecule is O=C1c2c([nH]c3ccc(F)cc3c2=O)-c2cccn21. The molecular weight excluding hydrogens is 247 g/mol. The van der Waals surface area contributed by atoms with Crippen LogP contribution in [-0.4, -0.2) is 15.5 Å². The van der Waals surface area contributed by atoms with E-state index in [-0.39, 0.29) is 16.9 Å². The predicted molar refractivity (Wildman–Crippen MR) is 67.7 cm³/mol. The summed E-state index contributed by atoms with van der Waals surface area (Å²) in [5.41, 5.74) is 1.32. The highest BCUT2D eigenvalue weighted by Crippen LogP contribution is 2.29. The van der Waals surface area contributed by atoms with E-state index in [2.05, 4.69) is 4.98 Å². The molecule has 0 amide bonds. The molecule has 0 bridgehead atoms. The second-order valence-electron chi connectivity index (χ2n) is 4.46. The van der Waals surface area contributed by atoms with Gasteiger partial charge in [-0.15, -0.1) is 0 Å². The van der Waals surface area contributed by atoms with E-state index >= 15 is 0 Å². The number of aromatic amines is 1. The van der Waals surface area contributed by atoms with Crippen LogP contribution in [0.4, 0.5) is 4.39 Å². The molecule has 3 aromatic rings. The van der Waals surface area contributed by atoms with Gasteiger partial charge in [0.1, 0.15) is 11.4 Å². The average molecular weight is 254 g/mol. The van der Waals surface area contributed by atoms with Crippen LogP contribution in [-0.2, 0) is 0 Å². The number of nitrogens with one attached hydrogen (secondary N) is 1. The zero-order valence-electron chi connectivity index (χ0n) is 9.61. The van der Waals surface area contributed by atoms with Gasteiger partial charge in [-0.1, -0.05) is 0 Å². The summed E-state index contributed by atoms with van der Waals surface area (Å²) in [6, 6.07) is 7.43. The van der Waals surface area contributed by atoms with Crippen molar-refractivity contribution in [3.8, 4) is 11.4 Å². The van der Waals surface area contributed by atoms with Crippen molar-refractivity contribution in [1.29, 1.82) is 0 Å². The van der Waals surface area contributed by atoms with E-state index in [0.717, 1.165) is 6.07 Å². The number of hydrogen-bond acceptors (Lipinski definition) is 2. The summed E-state index contributed by atoms with van der Waals surface area (Å²) in [4.78, 5) is 27.5. The van der Waals surface area contributed by atoms with Crippen molar-refractivity contribution in [2.75, 3.05) is 0 Å². The van der Waals surface area contributed by atoms with E-state index in [4.69, 9.17) is 0 Å². The van der Waals surface area contributed by atoms with Crippen LogP contribution in [0.5, 0.6) is 0 Å². The smallest absolute Gasteiger partial charge is 0.268 e. The average Bonchev–Trinajstić information content (AvgIpc) is 2.95. The van der Waals surface area contributed by atoms with E-state index in [9.17, 15) is 14.0 Å². The summed E-state index contributed by atoms with van der Waals surface area (Å²) in [7, 11) is 0. The molecule has 4 nitrogen and oxygen atoms in total. The maximum absolute atomic E-state index is 13.2. The molecule has 19 heavy (non-hydrogen) atoms. The minimum absolute atomic E-state index is 0.0775. The molecule has 92 valence electrons. The fraction of sp³-hybridized carbons (Fsp3) is 0. The Morgan fingerprint density at radius 3 is 2.84 bits per heavy atom. The topological polar surface area (TPSA) is 54.9 Å². The molecule has 3 heterocycles. The Kier molecular flexibility index (Phi) is 1.73. The Balaban J connectivity index is 2.22. The van der Waals surface area contributed by atoms with Gasteiger partial charge < -0.3 is 4.98 Å². The Labute approximate surface area is 106 Å². The minimum atomic E-state index is -0.497. The molecule has 0 saturated carbocycles. The minimum Gasteiger partial charge on any atom is -0.352 e. The van der Waals surface area contributed by atoms with Crippen LogP contribution in [0, 0.1) is 5.82 Å². The maximum atomic E-state index is 13.2. The van der Waals surface area contributed by atoms with Crippen LogP contribution in [0.3, 0.4) is 0 Å². The van der Waals surface area contributed by atoms with Gasteiger partial charge in [0.25, 0.3) is 5.91 Å². The Morgan fingerprint density at radius 2 is 2.00 bits per heavy atom. The number of nitrogens with zero attached hydrogens (tertiary/aromatic N) is 1. The number of rotatable bonds is 0. The maximum Gasteiger partial charge on any atom is 0.268 e. The number of carbonyl (C=O) groups is 1. The number of benzene rings is 1. The summed E-state index contributed by atoms with van der Waals surface area (Å²) in [6.07, 6.45) is 1.61. The molecule has 1 aromatic carbocycles. The lowest BCUT2D eigenvalue weighted by Crippen LogP contribution is -2.17. The molecule has 0 fully saturated rings. The number of pyridine rings is 1. The fourth-order valence-electron chi connectivity index (χ4n) is 2.54. The van der Waals surface area contributed by atoms with Crippen molar-refractivity contribution in [3.05, 3.63) is 58.1 Å². The molecule has 0 unspecified atom stereocenters. The molecule has 5 heteroatoms. The molecule has 0 aliphatic carbocycles. The molecular formula is C14H7FN2O2. The van der Waals surface area contributed by atoms with Crippen molar-refractivity contribution >= 4 is 16.8 Å². The van der Waals surface area contributed by atoms with Crippen molar-refractivity contribution in [3.63, 3.8) is 0 Å². The normalized spacial score (nSPS) is 12.8. The number of hydrogen-bond donors (Lipinski definition) is 1. The first kappa shape index (κ1) is 10.3. The second-order valence-corrected chi connectivity index (χ2v) is 4.46. The van der Waals surface area contributed by atoms with Crippen LogP contribution >= 0.6 is 0 Å². The lowest BCUT2D eigenvalue weighted by atomic mass is 10.1. The highest BCUT2D eigenvalue weighted by molar-refractivity contribution is 6.10. The van der Waals surface area contributed by atoms with E-state index < -0.39 is 11.2 Å². The number of aromatic nitrogens is 2. The lowest BCUT2D eigenvalue weighted by molar-refractivity contribution is 0.0968. The highest BCUT2D eigenvalue weighted by atomic mass is 19.1. The van der Waals surface area contributed by atoms with Crippen LogP contribution in [0.25, 0.3) is 22.3 Å². The first-order valence-corrected chi connectivity index (χ1v) is 5.75. The third-order valence-corrected chi connectivity index (χ3v) is 3.40. The number of carbonyl (C=O) groups excluding carboxylic acids is 1. The van der Waals surface area contributed by atoms with Gasteiger partial charge in [-0.2, -0.15) is 0 Å². The van der Waals surface area contributed by atoms with Gasteiger partial charge in [-0.25, -0.2) is 4.39 Å². The van der Waals surface area contributed by atoms with Crippen molar-refractivity contribution in [1.82, 2.24) is 9.55 Å². The summed E-state index contributed by atoms with van der Waals surface area (Å²) >= 11 is 0. The Bertz CT molecular complexity index is 921. The van der Waals surface area contributed by atoms with E-state index in [1.54, 1.807) is 18.3 Å². The van der Waals surface area contributed by atoms with Crippen molar-refractivity contribution < 1.29 is 9.18 Å². The molecule has 2 aromatic heterocycles. The van der Waals surface area contributed by atoms with Gasteiger partial charge in [0.05, 0.1) is 16.9 Å². The third kappa shape index (κ3) is 1.16. The molecule has 0 spiro atoms. The summed E-state index contributed by atoms with van der Waals surface area (Å²) < 4.78 is 14.6. The van der Waals surface area contributed by atoms with Crippen molar-refractivity contribution in [2.45, 2.75) is 0 Å². The highest BCUT2D eigenvalue weighted by Gasteiger charge is 2.30. The molecule has 1 aliphatic heterocycles. The number of fused-ring (bicyclic) bond motifs is 4. The summed E-state index contributed by atoms with van der Waals surface area (Å²) in [6.45, 7) is 0. The van der Waals surface area contributed by atoms with Gasteiger partial charge in [0, 0.05) is 11.6 Å². The monoisotopic (exact) mass is 254 g/mol. The Hall–Kier alpha value is -2.69. The fourth-order valence-corrected chi connectivity index (χ4v) is 2.54. The van der Waals surface area contributed by atoms with Gasteiger partial charge in [-0.3, -0.25) is 14.2 Å². The van der Waals surface area contributed by atoms with E-state index in [0.29, 0.717) is 16.9 Å². The van der Waals surface area contributed by atoms with Gasteiger partial charge >= 0.3 is 0 Å². The largest absolute Gasteiger partial charge is 0.352 e. The molecule has 0 atom stereocenters. The lowest BCUT2D eigenvalue weighted by Gasteiger charge is -2.02.